The summed E-state index contributed by atoms with van der Waals surface area (Å²) in [6.07, 6.45) is 3.47. The van der Waals surface area contributed by atoms with E-state index in [0.717, 1.165) is 25.7 Å². The third-order valence-corrected chi connectivity index (χ3v) is 5.93. The first kappa shape index (κ1) is 21.8. The van der Waals surface area contributed by atoms with E-state index in [1.54, 1.807) is 31.2 Å². The van der Waals surface area contributed by atoms with E-state index in [1.165, 1.54) is 16.9 Å². The largest absolute Gasteiger partial charge is 0.495 e. The van der Waals surface area contributed by atoms with Crippen molar-refractivity contribution in [2.45, 2.75) is 39.0 Å². The Balaban J connectivity index is 1.54. The average Bonchev–Trinajstić information content (AvgIpc) is 3.00. The molecule has 1 aromatic carbocycles. The zero-order valence-electron chi connectivity index (χ0n) is 17.6. The summed E-state index contributed by atoms with van der Waals surface area (Å²) < 4.78 is 5.22. The Morgan fingerprint density at radius 1 is 1.13 bits per heavy atom. The Labute approximate surface area is 176 Å². The van der Waals surface area contributed by atoms with Gasteiger partial charge in [0.1, 0.15) is 5.75 Å². The van der Waals surface area contributed by atoms with Crippen LogP contribution in [0.15, 0.2) is 24.3 Å². The van der Waals surface area contributed by atoms with Gasteiger partial charge < -0.3 is 15.0 Å². The van der Waals surface area contributed by atoms with E-state index in [9.17, 15) is 19.2 Å². The molecule has 1 aliphatic carbocycles. The highest BCUT2D eigenvalue weighted by molar-refractivity contribution is 6.05. The summed E-state index contributed by atoms with van der Waals surface area (Å²) in [5, 5.41) is 2.75. The number of methoxy groups -OCH3 is 1. The molecular weight excluding hydrogens is 386 g/mol. The van der Waals surface area contributed by atoms with E-state index in [2.05, 4.69) is 5.32 Å². The average molecular weight is 415 g/mol. The molecule has 0 spiro atoms. The van der Waals surface area contributed by atoms with Crippen LogP contribution in [-0.4, -0.2) is 60.2 Å². The predicted octanol–water partition coefficient (Wildman–Crippen LogP) is 2.05. The first-order chi connectivity index (χ1) is 14.5. The second kappa shape index (κ2) is 9.73. The summed E-state index contributed by atoms with van der Waals surface area (Å²) in [7, 11) is 1.52. The van der Waals surface area contributed by atoms with E-state index in [0.29, 0.717) is 18.0 Å². The van der Waals surface area contributed by atoms with Crippen LogP contribution in [-0.2, 0) is 19.2 Å². The summed E-state index contributed by atoms with van der Waals surface area (Å²) in [4.78, 5) is 52.8. The van der Waals surface area contributed by atoms with Crippen LogP contribution in [0.4, 0.5) is 5.69 Å². The molecule has 0 radical (unpaired) electrons. The van der Waals surface area contributed by atoms with Gasteiger partial charge in [0.25, 0.3) is 0 Å². The number of benzene rings is 1. The van der Waals surface area contributed by atoms with Gasteiger partial charge >= 0.3 is 0 Å². The number of fused-ring (bicyclic) bond motifs is 1. The SMILES string of the molecule is CCN(CC(=O)Nc1ccccc1OC)C(=O)CCN1C(=O)[C@@H]2CCCC[C@H]2C1=O. The van der Waals surface area contributed by atoms with Gasteiger partial charge in [-0.25, -0.2) is 0 Å². The van der Waals surface area contributed by atoms with Crippen LogP contribution in [0.5, 0.6) is 5.75 Å². The number of nitrogens with one attached hydrogen (secondary N) is 1. The molecule has 8 heteroatoms. The molecule has 162 valence electrons. The van der Waals surface area contributed by atoms with E-state index in [1.807, 2.05) is 0 Å². The summed E-state index contributed by atoms with van der Waals surface area (Å²) in [6.45, 7) is 2.11. The summed E-state index contributed by atoms with van der Waals surface area (Å²) in [6, 6.07) is 7.04. The number of anilines is 1. The van der Waals surface area contributed by atoms with Crippen molar-refractivity contribution in [2.24, 2.45) is 11.8 Å². The highest BCUT2D eigenvalue weighted by Gasteiger charge is 2.47. The lowest BCUT2D eigenvalue weighted by Crippen LogP contribution is -2.40. The quantitative estimate of drug-likeness (QED) is 0.656. The molecule has 1 saturated carbocycles. The molecule has 1 heterocycles. The van der Waals surface area contributed by atoms with E-state index in [4.69, 9.17) is 4.74 Å². The Kier molecular flexibility index (Phi) is 7.07. The normalized spacial score (nSPS) is 20.7. The first-order valence-electron chi connectivity index (χ1n) is 10.5. The number of imide groups is 1. The minimum Gasteiger partial charge on any atom is -0.495 e. The minimum atomic E-state index is -0.339. The van der Waals surface area contributed by atoms with Gasteiger partial charge in [-0.2, -0.15) is 0 Å². The second-order valence-corrected chi connectivity index (χ2v) is 7.73. The van der Waals surface area contributed by atoms with E-state index < -0.39 is 0 Å². The monoisotopic (exact) mass is 415 g/mol. The lowest BCUT2D eigenvalue weighted by molar-refractivity contribution is -0.141. The molecule has 8 nitrogen and oxygen atoms in total. The molecule has 0 unspecified atom stereocenters. The van der Waals surface area contributed by atoms with Crippen LogP contribution in [0.25, 0.3) is 0 Å². The molecule has 2 fully saturated rings. The van der Waals surface area contributed by atoms with Gasteiger partial charge in [-0.3, -0.25) is 24.1 Å². The van der Waals surface area contributed by atoms with Crippen molar-refractivity contribution in [1.82, 2.24) is 9.80 Å². The maximum Gasteiger partial charge on any atom is 0.244 e. The Bertz CT molecular complexity index is 801. The number of amides is 4. The number of carbonyl (C=O) groups is 4. The summed E-state index contributed by atoms with van der Waals surface area (Å²) in [5.41, 5.74) is 0.532. The van der Waals surface area contributed by atoms with Crippen molar-refractivity contribution in [3.63, 3.8) is 0 Å². The number of hydrogen-bond acceptors (Lipinski definition) is 5. The van der Waals surface area contributed by atoms with Crippen molar-refractivity contribution in [3.05, 3.63) is 24.3 Å². The standard InChI is InChI=1S/C22H29N3O5/c1-3-24(14-19(26)23-17-10-6-7-11-18(17)30-2)20(27)12-13-25-21(28)15-8-4-5-9-16(15)22(25)29/h6-7,10-11,15-16H,3-5,8-9,12-14H2,1-2H3,(H,23,26)/t15-,16-/m1/s1. The zero-order chi connectivity index (χ0) is 21.7. The lowest BCUT2D eigenvalue weighted by Gasteiger charge is -2.22. The molecule has 0 bridgehead atoms. The number of likely N-dealkylation sites (N-methyl/N-ethyl adjacent to an activating group) is 1. The van der Waals surface area contributed by atoms with Gasteiger partial charge in [-0.1, -0.05) is 25.0 Å². The zero-order valence-corrected chi connectivity index (χ0v) is 17.6. The van der Waals surface area contributed by atoms with Gasteiger partial charge in [0, 0.05) is 19.5 Å². The van der Waals surface area contributed by atoms with Crippen molar-refractivity contribution in [3.8, 4) is 5.75 Å². The third-order valence-electron chi connectivity index (χ3n) is 5.93. The summed E-state index contributed by atoms with van der Waals surface area (Å²) >= 11 is 0. The maximum atomic E-state index is 12.6. The van der Waals surface area contributed by atoms with Gasteiger partial charge in [-0.05, 0) is 31.9 Å². The first-order valence-corrected chi connectivity index (χ1v) is 10.5. The second-order valence-electron chi connectivity index (χ2n) is 7.73. The molecule has 30 heavy (non-hydrogen) atoms. The molecule has 0 aromatic heterocycles. The van der Waals surface area contributed by atoms with Crippen LogP contribution in [0, 0.1) is 11.8 Å². The number of rotatable bonds is 8. The van der Waals surface area contributed by atoms with Crippen molar-refractivity contribution < 1.29 is 23.9 Å². The Morgan fingerprint density at radius 3 is 2.37 bits per heavy atom. The van der Waals surface area contributed by atoms with E-state index >= 15 is 0 Å². The molecule has 2 aliphatic rings. The molecule has 3 rings (SSSR count). The lowest BCUT2D eigenvalue weighted by atomic mass is 9.81. The predicted molar refractivity (Wildman–Crippen MR) is 111 cm³/mol. The number of likely N-dealkylation sites (tertiary alicyclic amines) is 1. The molecule has 1 saturated heterocycles. The molecule has 4 amide bonds. The van der Waals surface area contributed by atoms with Crippen LogP contribution in [0.3, 0.4) is 0 Å². The number of carbonyl (C=O) groups excluding carboxylic acids is 4. The fraction of sp³-hybridized carbons (Fsp3) is 0.545. The van der Waals surface area contributed by atoms with Crippen molar-refractivity contribution >= 4 is 29.3 Å². The molecular formula is C22H29N3O5. The molecule has 1 aromatic rings. The smallest absolute Gasteiger partial charge is 0.244 e. The molecule has 1 N–H and O–H groups in total. The summed E-state index contributed by atoms with van der Waals surface area (Å²) in [5.74, 6) is -0.778. The van der Waals surface area contributed by atoms with Crippen LogP contribution < -0.4 is 10.1 Å². The fourth-order valence-electron chi connectivity index (χ4n) is 4.30. The topological polar surface area (TPSA) is 96.0 Å². The van der Waals surface area contributed by atoms with Gasteiger partial charge in [0.15, 0.2) is 0 Å². The van der Waals surface area contributed by atoms with Crippen molar-refractivity contribution in [2.75, 3.05) is 32.1 Å². The highest BCUT2D eigenvalue weighted by atomic mass is 16.5. The Morgan fingerprint density at radius 2 is 1.77 bits per heavy atom. The number of ether oxygens (including phenoxy) is 1. The fourth-order valence-corrected chi connectivity index (χ4v) is 4.30. The molecule has 2 atom stereocenters. The van der Waals surface area contributed by atoms with Crippen LogP contribution in [0.1, 0.15) is 39.0 Å². The van der Waals surface area contributed by atoms with Gasteiger partial charge in [0.05, 0.1) is 31.2 Å². The van der Waals surface area contributed by atoms with Crippen LogP contribution >= 0.6 is 0 Å². The number of hydrogen-bond donors (Lipinski definition) is 1. The number of nitrogens with zero attached hydrogens (tertiary/aromatic N) is 2. The van der Waals surface area contributed by atoms with Crippen LogP contribution in [0.2, 0.25) is 0 Å². The van der Waals surface area contributed by atoms with Gasteiger partial charge in [-0.15, -0.1) is 0 Å². The van der Waals surface area contributed by atoms with E-state index in [-0.39, 0.29) is 55.0 Å². The highest BCUT2D eigenvalue weighted by Crippen LogP contribution is 2.38. The molecule has 1 aliphatic heterocycles. The minimum absolute atomic E-state index is 0.0205. The van der Waals surface area contributed by atoms with Crippen molar-refractivity contribution in [1.29, 1.82) is 0 Å². The number of para-hydroxylation sites is 2. The maximum absolute atomic E-state index is 12.6. The Hall–Kier alpha value is -2.90. The van der Waals surface area contributed by atoms with Gasteiger partial charge in [0.2, 0.25) is 23.6 Å². The third kappa shape index (κ3) is 4.63.